The summed E-state index contributed by atoms with van der Waals surface area (Å²) in [7, 11) is 0. The van der Waals surface area contributed by atoms with E-state index in [1.807, 2.05) is 24.6 Å². The zero-order valence-electron chi connectivity index (χ0n) is 19.5. The minimum atomic E-state index is -0.810. The minimum Gasteiger partial charge on any atom is -0.462 e. The van der Waals surface area contributed by atoms with Crippen molar-refractivity contribution in [3.05, 3.63) is 52.1 Å². The summed E-state index contributed by atoms with van der Waals surface area (Å²) in [4.78, 5) is 25.3. The van der Waals surface area contributed by atoms with Gasteiger partial charge in [0, 0.05) is 32.2 Å². The first kappa shape index (κ1) is 23.9. The van der Waals surface area contributed by atoms with Crippen molar-refractivity contribution >= 4 is 11.9 Å². The molecule has 2 aliphatic rings. The number of hydrogen-bond donors (Lipinski definition) is 1. The smallest absolute Gasteiger partial charge is 0.341 e. The van der Waals surface area contributed by atoms with Gasteiger partial charge in [-0.1, -0.05) is 13.8 Å². The van der Waals surface area contributed by atoms with Crippen LogP contribution < -0.4 is 5.32 Å². The zero-order chi connectivity index (χ0) is 24.3. The van der Waals surface area contributed by atoms with Gasteiger partial charge in [-0.05, 0) is 49.3 Å². The highest BCUT2D eigenvalue weighted by atomic mass is 19.1. The lowest BCUT2D eigenvalue weighted by Crippen LogP contribution is -2.41. The molecule has 4 rings (SSSR count). The van der Waals surface area contributed by atoms with Crippen LogP contribution in [-0.4, -0.2) is 48.0 Å². The van der Waals surface area contributed by atoms with Gasteiger partial charge in [0.2, 0.25) is 0 Å². The standard InChI is InChI=1S/C25H29FN4O4/c1-3-20-22-21(11-25(15-28-23(22)31)6-8-33-9-7-25)30(29-20)13-16(2)14-34-24(32)18-10-17(12-27)4-5-19(18)26/h4-5,10,16H,3,6-9,11,13-15H2,1-2H3,(H,28,31)/t16-/m1/s1. The number of carbonyl (C=O) groups is 2. The van der Waals surface area contributed by atoms with E-state index in [9.17, 15) is 14.0 Å². The van der Waals surface area contributed by atoms with Crippen molar-refractivity contribution in [2.75, 3.05) is 26.4 Å². The fraction of sp³-hybridized carbons (Fsp3) is 0.520. The van der Waals surface area contributed by atoms with E-state index in [0.29, 0.717) is 38.3 Å². The van der Waals surface area contributed by atoms with Crippen LogP contribution in [0.2, 0.25) is 0 Å². The van der Waals surface area contributed by atoms with Crippen LogP contribution in [0.15, 0.2) is 18.2 Å². The predicted molar refractivity (Wildman–Crippen MR) is 121 cm³/mol. The first-order valence-corrected chi connectivity index (χ1v) is 11.7. The van der Waals surface area contributed by atoms with Crippen molar-refractivity contribution in [1.82, 2.24) is 15.1 Å². The first-order chi connectivity index (χ1) is 16.4. The average molecular weight is 469 g/mol. The Morgan fingerprint density at radius 1 is 1.41 bits per heavy atom. The Morgan fingerprint density at radius 2 is 2.18 bits per heavy atom. The topological polar surface area (TPSA) is 106 Å². The summed E-state index contributed by atoms with van der Waals surface area (Å²) in [5.74, 6) is -1.75. The summed E-state index contributed by atoms with van der Waals surface area (Å²) in [6, 6.07) is 5.47. The van der Waals surface area contributed by atoms with Crippen molar-refractivity contribution in [2.45, 2.75) is 46.1 Å². The number of nitrogens with zero attached hydrogens (tertiary/aromatic N) is 3. The number of esters is 1. The largest absolute Gasteiger partial charge is 0.462 e. The van der Waals surface area contributed by atoms with E-state index in [-0.39, 0.29) is 35.0 Å². The zero-order valence-corrected chi connectivity index (χ0v) is 19.5. The number of ether oxygens (including phenoxy) is 2. The molecule has 2 aliphatic heterocycles. The van der Waals surface area contributed by atoms with Crippen molar-refractivity contribution in [3.8, 4) is 6.07 Å². The Labute approximate surface area is 198 Å². The minimum absolute atomic E-state index is 0.0519. The molecule has 1 aromatic heterocycles. The highest BCUT2D eigenvalue weighted by molar-refractivity contribution is 5.97. The van der Waals surface area contributed by atoms with Crippen LogP contribution in [0, 0.1) is 28.5 Å². The van der Waals surface area contributed by atoms with Gasteiger partial charge < -0.3 is 14.8 Å². The monoisotopic (exact) mass is 468 g/mol. The van der Waals surface area contributed by atoms with E-state index >= 15 is 0 Å². The second kappa shape index (κ2) is 9.94. The van der Waals surface area contributed by atoms with Gasteiger partial charge in [-0.2, -0.15) is 10.4 Å². The van der Waals surface area contributed by atoms with Crippen molar-refractivity contribution in [2.24, 2.45) is 11.3 Å². The van der Waals surface area contributed by atoms with E-state index in [1.165, 1.54) is 12.1 Å². The molecule has 1 aromatic carbocycles. The van der Waals surface area contributed by atoms with Crippen molar-refractivity contribution < 1.29 is 23.5 Å². The third kappa shape index (κ3) is 4.82. The maximum Gasteiger partial charge on any atom is 0.341 e. The number of fused-ring (bicyclic) bond motifs is 1. The molecule has 1 N–H and O–H groups in total. The fourth-order valence-corrected chi connectivity index (χ4v) is 4.72. The Morgan fingerprint density at radius 3 is 2.88 bits per heavy atom. The number of benzene rings is 1. The fourth-order valence-electron chi connectivity index (χ4n) is 4.72. The van der Waals surface area contributed by atoms with Crippen LogP contribution in [0.5, 0.6) is 0 Å². The number of halogens is 1. The molecule has 1 amide bonds. The number of nitriles is 1. The normalized spacial score (nSPS) is 17.9. The molecule has 1 saturated heterocycles. The van der Waals surface area contributed by atoms with E-state index < -0.39 is 11.8 Å². The molecule has 0 aliphatic carbocycles. The highest BCUT2D eigenvalue weighted by Gasteiger charge is 2.39. The number of nitrogens with one attached hydrogen (secondary N) is 1. The van der Waals surface area contributed by atoms with Gasteiger partial charge in [-0.25, -0.2) is 9.18 Å². The van der Waals surface area contributed by atoms with Crippen LogP contribution in [0.3, 0.4) is 0 Å². The number of hydrogen-bond acceptors (Lipinski definition) is 6. The lowest BCUT2D eigenvalue weighted by Gasteiger charge is -2.36. The van der Waals surface area contributed by atoms with Crippen LogP contribution in [-0.2, 0) is 28.9 Å². The molecular formula is C25H29FN4O4. The molecule has 0 radical (unpaired) electrons. The molecule has 1 atom stereocenters. The van der Waals surface area contributed by atoms with Gasteiger partial charge in [0.05, 0.1) is 40.8 Å². The summed E-state index contributed by atoms with van der Waals surface area (Å²) in [5.41, 5.74) is 2.21. The van der Waals surface area contributed by atoms with Gasteiger partial charge in [0.15, 0.2) is 0 Å². The van der Waals surface area contributed by atoms with E-state index in [2.05, 4.69) is 5.32 Å². The Kier molecular flexibility index (Phi) is 6.98. The summed E-state index contributed by atoms with van der Waals surface area (Å²) < 4.78 is 26.8. The van der Waals surface area contributed by atoms with Gasteiger partial charge in [-0.3, -0.25) is 9.48 Å². The molecule has 0 unspecified atom stereocenters. The molecule has 180 valence electrons. The van der Waals surface area contributed by atoms with Gasteiger partial charge >= 0.3 is 5.97 Å². The van der Waals surface area contributed by atoms with Crippen LogP contribution in [0.4, 0.5) is 4.39 Å². The summed E-state index contributed by atoms with van der Waals surface area (Å²) in [6.45, 7) is 6.37. The second-order valence-electron chi connectivity index (χ2n) is 9.29. The number of carbonyl (C=O) groups excluding carboxylic acids is 2. The van der Waals surface area contributed by atoms with Gasteiger partial charge in [0.1, 0.15) is 5.82 Å². The number of aromatic nitrogens is 2. The average Bonchev–Trinajstić information content (AvgIpc) is 3.11. The predicted octanol–water partition coefficient (Wildman–Crippen LogP) is 3.03. The Bertz CT molecular complexity index is 1130. The van der Waals surface area contributed by atoms with Crippen LogP contribution in [0.1, 0.15) is 64.4 Å². The molecule has 34 heavy (non-hydrogen) atoms. The lowest BCUT2D eigenvalue weighted by molar-refractivity contribution is 0.0151. The maximum atomic E-state index is 14.0. The van der Waals surface area contributed by atoms with E-state index in [1.54, 1.807) is 0 Å². The molecule has 1 fully saturated rings. The molecule has 1 spiro atoms. The van der Waals surface area contributed by atoms with E-state index in [0.717, 1.165) is 36.7 Å². The Hall–Kier alpha value is -3.25. The molecule has 3 heterocycles. The van der Waals surface area contributed by atoms with Crippen LogP contribution in [0.25, 0.3) is 0 Å². The summed E-state index contributed by atoms with van der Waals surface area (Å²) >= 11 is 0. The first-order valence-electron chi connectivity index (χ1n) is 11.7. The molecule has 2 aromatic rings. The van der Waals surface area contributed by atoms with E-state index in [4.69, 9.17) is 19.8 Å². The van der Waals surface area contributed by atoms with Gasteiger partial charge in [0.25, 0.3) is 5.91 Å². The number of amides is 1. The van der Waals surface area contributed by atoms with Gasteiger partial charge in [-0.15, -0.1) is 0 Å². The summed E-state index contributed by atoms with van der Waals surface area (Å²) in [5, 5.41) is 16.8. The summed E-state index contributed by atoms with van der Waals surface area (Å²) in [6.07, 6.45) is 3.12. The van der Waals surface area contributed by atoms with Crippen molar-refractivity contribution in [3.63, 3.8) is 0 Å². The second-order valence-corrected chi connectivity index (χ2v) is 9.29. The molecule has 9 heteroatoms. The Balaban J connectivity index is 1.50. The SMILES string of the molecule is CCc1nn(C[C@@H](C)COC(=O)c2cc(C#N)ccc2F)c2c1C(=O)NCC1(CCOCC1)C2. The molecule has 0 saturated carbocycles. The molecular weight excluding hydrogens is 439 g/mol. The number of rotatable bonds is 6. The molecule has 0 bridgehead atoms. The number of aryl methyl sites for hydroxylation is 1. The third-order valence-electron chi connectivity index (χ3n) is 6.71. The third-order valence-corrected chi connectivity index (χ3v) is 6.71. The van der Waals surface area contributed by atoms with Crippen LogP contribution >= 0.6 is 0 Å². The van der Waals surface area contributed by atoms with Crippen molar-refractivity contribution in [1.29, 1.82) is 5.26 Å². The quantitative estimate of drug-likeness (QED) is 0.654. The maximum absolute atomic E-state index is 14.0. The lowest BCUT2D eigenvalue weighted by atomic mass is 9.76. The highest BCUT2D eigenvalue weighted by Crippen LogP contribution is 2.37. The molecule has 8 nitrogen and oxygen atoms in total.